The van der Waals surface area contributed by atoms with Gasteiger partial charge in [0.05, 0.1) is 16.9 Å². The Morgan fingerprint density at radius 1 is 1.11 bits per heavy atom. The third kappa shape index (κ3) is 7.77. The molecule has 1 N–H and O–H groups in total. The molecular weight excluding hydrogens is 484 g/mol. The summed E-state index contributed by atoms with van der Waals surface area (Å²) in [7, 11) is -4.00. The number of hydrogen-bond acceptors (Lipinski definition) is 6. The number of nitro groups is 1. The lowest BCUT2D eigenvalue weighted by molar-refractivity contribution is -0.384. The van der Waals surface area contributed by atoms with Gasteiger partial charge in [-0.05, 0) is 30.4 Å². The number of aryl methyl sites for hydroxylation is 1. The molecule has 1 atom stereocenters. The third-order valence-electron chi connectivity index (χ3n) is 5.62. The molecule has 2 amide bonds. The van der Waals surface area contributed by atoms with Gasteiger partial charge in [0.2, 0.25) is 21.8 Å². The first-order valence-electron chi connectivity index (χ1n) is 11.7. The van der Waals surface area contributed by atoms with Crippen molar-refractivity contribution in [1.82, 2.24) is 10.2 Å². The zero-order chi connectivity index (χ0) is 27.0. The second-order valence-corrected chi connectivity index (χ2v) is 11.0. The van der Waals surface area contributed by atoms with E-state index in [1.54, 1.807) is 13.8 Å². The first-order valence-corrected chi connectivity index (χ1v) is 13.5. The number of carbonyl (C=O) groups is 2. The summed E-state index contributed by atoms with van der Waals surface area (Å²) in [5.74, 6) is -0.711. The molecule has 11 heteroatoms. The van der Waals surface area contributed by atoms with Crippen LogP contribution in [0.1, 0.15) is 38.3 Å². The normalized spacial score (nSPS) is 12.2. The quantitative estimate of drug-likeness (QED) is 0.339. The minimum Gasteiger partial charge on any atom is -0.354 e. The van der Waals surface area contributed by atoms with Crippen LogP contribution < -0.4 is 9.62 Å². The van der Waals surface area contributed by atoms with Crippen molar-refractivity contribution in [3.63, 3.8) is 0 Å². The Morgan fingerprint density at radius 3 is 2.28 bits per heavy atom. The molecule has 0 saturated carbocycles. The number of sulfonamides is 1. The Bertz CT molecular complexity index is 1180. The number of rotatable bonds is 12. The van der Waals surface area contributed by atoms with Gasteiger partial charge in [-0.3, -0.25) is 24.0 Å². The zero-order valence-electron chi connectivity index (χ0n) is 21.3. The number of carbonyl (C=O) groups excluding carboxylic acids is 2. The van der Waals surface area contributed by atoms with Gasteiger partial charge in [0.1, 0.15) is 12.6 Å². The van der Waals surface area contributed by atoms with E-state index in [0.717, 1.165) is 22.2 Å². The first kappa shape index (κ1) is 28.8. The van der Waals surface area contributed by atoms with Gasteiger partial charge in [-0.1, -0.05) is 57.2 Å². The van der Waals surface area contributed by atoms with Crippen LogP contribution in [-0.4, -0.2) is 55.4 Å². The molecule has 2 aromatic rings. The van der Waals surface area contributed by atoms with Crippen molar-refractivity contribution in [2.45, 2.75) is 46.7 Å². The van der Waals surface area contributed by atoms with Crippen LogP contribution >= 0.6 is 0 Å². The molecule has 0 saturated heterocycles. The zero-order valence-corrected chi connectivity index (χ0v) is 22.1. The van der Waals surface area contributed by atoms with Crippen molar-refractivity contribution in [2.24, 2.45) is 5.92 Å². The monoisotopic (exact) mass is 518 g/mol. The van der Waals surface area contributed by atoms with Crippen molar-refractivity contribution < 1.29 is 22.9 Å². The summed E-state index contributed by atoms with van der Waals surface area (Å²) in [4.78, 5) is 38.7. The summed E-state index contributed by atoms with van der Waals surface area (Å²) < 4.78 is 26.3. The molecular formula is C25H34N4O6S. The Labute approximate surface area is 212 Å². The molecule has 196 valence electrons. The average Bonchev–Trinajstić information content (AvgIpc) is 2.81. The second-order valence-electron chi connectivity index (χ2n) is 9.07. The van der Waals surface area contributed by atoms with Gasteiger partial charge < -0.3 is 10.2 Å². The minimum atomic E-state index is -4.00. The summed E-state index contributed by atoms with van der Waals surface area (Å²) in [6.07, 6.45) is 1.25. The molecule has 0 radical (unpaired) electrons. The maximum atomic E-state index is 13.7. The highest BCUT2D eigenvalue weighted by molar-refractivity contribution is 7.92. The van der Waals surface area contributed by atoms with Crippen molar-refractivity contribution in [3.05, 3.63) is 69.8 Å². The fourth-order valence-electron chi connectivity index (χ4n) is 3.70. The average molecular weight is 519 g/mol. The summed E-state index contributed by atoms with van der Waals surface area (Å²) in [5.41, 5.74) is 0.975. The van der Waals surface area contributed by atoms with Crippen LogP contribution in [0.2, 0.25) is 0 Å². The minimum absolute atomic E-state index is 0.0389. The van der Waals surface area contributed by atoms with E-state index < -0.39 is 33.4 Å². The van der Waals surface area contributed by atoms with Gasteiger partial charge in [-0.25, -0.2) is 8.42 Å². The summed E-state index contributed by atoms with van der Waals surface area (Å²) in [6, 6.07) is 12.1. The van der Waals surface area contributed by atoms with Crippen molar-refractivity contribution in [1.29, 1.82) is 0 Å². The van der Waals surface area contributed by atoms with Crippen molar-refractivity contribution in [3.8, 4) is 0 Å². The number of anilines is 1. The van der Waals surface area contributed by atoms with E-state index in [-0.39, 0.29) is 29.7 Å². The van der Waals surface area contributed by atoms with Crippen LogP contribution in [0.5, 0.6) is 0 Å². The third-order valence-corrected chi connectivity index (χ3v) is 6.74. The predicted octanol–water partition coefficient (Wildman–Crippen LogP) is 3.25. The Balaban J connectivity index is 2.48. The van der Waals surface area contributed by atoms with Crippen LogP contribution in [0.25, 0.3) is 0 Å². The smallest absolute Gasteiger partial charge is 0.271 e. The first-order chi connectivity index (χ1) is 16.8. The number of benzene rings is 2. The molecule has 10 nitrogen and oxygen atoms in total. The van der Waals surface area contributed by atoms with Crippen molar-refractivity contribution >= 4 is 33.2 Å². The molecule has 0 aliphatic carbocycles. The van der Waals surface area contributed by atoms with Gasteiger partial charge in [0.15, 0.2) is 0 Å². The number of hydrogen-bond donors (Lipinski definition) is 1. The van der Waals surface area contributed by atoms with Crippen molar-refractivity contribution in [2.75, 3.05) is 23.7 Å². The Kier molecular flexibility index (Phi) is 9.97. The van der Waals surface area contributed by atoms with E-state index in [2.05, 4.69) is 5.32 Å². The summed E-state index contributed by atoms with van der Waals surface area (Å²) in [6.45, 7) is 7.23. The van der Waals surface area contributed by atoms with Gasteiger partial charge in [0, 0.05) is 25.2 Å². The van der Waals surface area contributed by atoms with Gasteiger partial charge in [-0.2, -0.15) is 0 Å². The molecule has 0 aliphatic rings. The Morgan fingerprint density at radius 2 is 1.75 bits per heavy atom. The lowest BCUT2D eigenvalue weighted by Gasteiger charge is -2.33. The maximum absolute atomic E-state index is 13.7. The van der Waals surface area contributed by atoms with E-state index in [4.69, 9.17) is 0 Å². The molecule has 2 rings (SSSR count). The molecule has 0 bridgehead atoms. The number of nitrogens with zero attached hydrogens (tertiary/aromatic N) is 3. The van der Waals surface area contributed by atoms with E-state index in [0.29, 0.717) is 18.5 Å². The number of non-ortho nitro benzene ring substituents is 1. The van der Waals surface area contributed by atoms with Crippen LogP contribution in [0.15, 0.2) is 48.5 Å². The van der Waals surface area contributed by atoms with Gasteiger partial charge in [-0.15, -0.1) is 0 Å². The molecule has 0 aliphatic heterocycles. The SMILES string of the molecule is CC[C@@H](C(=O)NCC(C)C)N(Cc1ccccc1)C(=O)CN(c1cc([N+](=O)[O-])ccc1C)S(C)(=O)=O. The molecule has 36 heavy (non-hydrogen) atoms. The lowest BCUT2D eigenvalue weighted by atomic mass is 10.1. The molecule has 0 aromatic heterocycles. The lowest BCUT2D eigenvalue weighted by Crippen LogP contribution is -2.52. The molecule has 0 spiro atoms. The number of nitrogens with one attached hydrogen (secondary N) is 1. The van der Waals surface area contributed by atoms with Crippen LogP contribution in [0, 0.1) is 23.0 Å². The summed E-state index contributed by atoms with van der Waals surface area (Å²) in [5, 5.41) is 14.2. The second kappa shape index (κ2) is 12.5. The fraction of sp³-hybridized carbons (Fsp3) is 0.440. The number of amides is 2. The molecule has 0 unspecified atom stereocenters. The van der Waals surface area contributed by atoms with Crippen LogP contribution in [-0.2, 0) is 26.2 Å². The molecule has 2 aromatic carbocycles. The van der Waals surface area contributed by atoms with E-state index in [1.165, 1.54) is 17.0 Å². The number of nitro benzene ring substituents is 1. The van der Waals surface area contributed by atoms with Crippen LogP contribution in [0.3, 0.4) is 0 Å². The van der Waals surface area contributed by atoms with E-state index in [1.807, 2.05) is 44.2 Å². The topological polar surface area (TPSA) is 130 Å². The summed E-state index contributed by atoms with van der Waals surface area (Å²) >= 11 is 0. The van der Waals surface area contributed by atoms with E-state index >= 15 is 0 Å². The van der Waals surface area contributed by atoms with Gasteiger partial charge >= 0.3 is 0 Å². The highest BCUT2D eigenvalue weighted by Crippen LogP contribution is 2.28. The molecule has 0 fully saturated rings. The fourth-order valence-corrected chi connectivity index (χ4v) is 4.60. The largest absolute Gasteiger partial charge is 0.354 e. The van der Waals surface area contributed by atoms with Gasteiger partial charge in [0.25, 0.3) is 5.69 Å². The highest BCUT2D eigenvalue weighted by atomic mass is 32.2. The Hall–Kier alpha value is -3.47. The highest BCUT2D eigenvalue weighted by Gasteiger charge is 2.32. The standard InChI is InChI=1S/C25H34N4O6S/c1-6-22(25(31)26-15-18(2)3)27(16-20-10-8-7-9-11-20)24(30)17-28(36(5,34)35)23-14-21(29(32)33)13-12-19(23)4/h7-14,18,22H,6,15-17H2,1-5H3,(H,26,31)/t22-/m0/s1. The molecule has 0 heterocycles. The van der Waals surface area contributed by atoms with E-state index in [9.17, 15) is 28.1 Å². The predicted molar refractivity (Wildman–Crippen MR) is 139 cm³/mol. The van der Waals surface area contributed by atoms with Crippen LogP contribution in [0.4, 0.5) is 11.4 Å². The maximum Gasteiger partial charge on any atom is 0.271 e.